The molecule has 0 amide bonds. The molecule has 4 heteroatoms. The maximum absolute atomic E-state index is 6.05. The fourth-order valence-corrected chi connectivity index (χ4v) is 2.64. The number of hydrogen-bond acceptors (Lipinski definition) is 3. The molecule has 1 aromatic rings. The minimum Gasteiger partial charge on any atom is -0.366 e. The molecule has 1 saturated carbocycles. The summed E-state index contributed by atoms with van der Waals surface area (Å²) in [5.74, 6) is 1.53. The fourth-order valence-electron chi connectivity index (χ4n) is 2.48. The van der Waals surface area contributed by atoms with Crippen molar-refractivity contribution in [3.63, 3.8) is 0 Å². The van der Waals surface area contributed by atoms with Crippen molar-refractivity contribution in [1.82, 2.24) is 9.97 Å². The van der Waals surface area contributed by atoms with Gasteiger partial charge in [-0.25, -0.2) is 9.97 Å². The van der Waals surface area contributed by atoms with Crippen molar-refractivity contribution in [2.75, 3.05) is 5.32 Å². The van der Waals surface area contributed by atoms with E-state index in [9.17, 15) is 0 Å². The Hall–Kier alpha value is -0.830. The summed E-state index contributed by atoms with van der Waals surface area (Å²) in [4.78, 5) is 8.08. The van der Waals surface area contributed by atoms with Crippen molar-refractivity contribution >= 4 is 17.4 Å². The molecule has 1 aromatic heterocycles. The normalized spacial score (nSPS) is 25.4. The molecule has 3 nitrogen and oxygen atoms in total. The van der Waals surface area contributed by atoms with Crippen LogP contribution in [0.5, 0.6) is 0 Å². The molecule has 1 aliphatic rings. The van der Waals surface area contributed by atoms with Gasteiger partial charge in [0.2, 0.25) is 0 Å². The lowest BCUT2D eigenvalue weighted by Crippen LogP contribution is -2.32. The van der Waals surface area contributed by atoms with E-state index in [2.05, 4.69) is 22.2 Å². The first-order chi connectivity index (χ1) is 7.81. The van der Waals surface area contributed by atoms with Gasteiger partial charge in [-0.2, -0.15) is 0 Å². The van der Waals surface area contributed by atoms with Crippen LogP contribution in [0.3, 0.4) is 0 Å². The lowest BCUT2D eigenvalue weighted by molar-refractivity contribution is 0.317. The van der Waals surface area contributed by atoms with E-state index in [-0.39, 0.29) is 0 Å². The summed E-state index contributed by atoms with van der Waals surface area (Å²) in [5, 5.41) is 4.08. The molecule has 0 spiro atoms. The third-order valence-corrected chi connectivity index (χ3v) is 3.70. The van der Waals surface area contributed by atoms with Crippen molar-refractivity contribution in [2.45, 2.75) is 45.1 Å². The largest absolute Gasteiger partial charge is 0.366 e. The van der Waals surface area contributed by atoms with Crippen LogP contribution in [0.15, 0.2) is 12.5 Å². The van der Waals surface area contributed by atoms with Crippen LogP contribution in [0.4, 0.5) is 5.82 Å². The van der Waals surface area contributed by atoms with Crippen LogP contribution in [-0.2, 0) is 0 Å². The molecular weight excluding hydrogens is 222 g/mol. The van der Waals surface area contributed by atoms with E-state index in [0.717, 1.165) is 11.7 Å². The molecule has 1 fully saturated rings. The third kappa shape index (κ3) is 2.64. The third-order valence-electron chi connectivity index (χ3n) is 3.42. The quantitative estimate of drug-likeness (QED) is 0.877. The monoisotopic (exact) mass is 239 g/mol. The first kappa shape index (κ1) is 11.6. The molecule has 0 aromatic carbocycles. The lowest BCUT2D eigenvalue weighted by atomic mass is 9.83. The summed E-state index contributed by atoms with van der Waals surface area (Å²) in [6.45, 7) is 2.26. The van der Waals surface area contributed by atoms with Crippen molar-refractivity contribution in [3.8, 4) is 0 Å². The smallest absolute Gasteiger partial charge is 0.148 e. The van der Waals surface area contributed by atoms with E-state index in [1.807, 2.05) is 0 Å². The van der Waals surface area contributed by atoms with Gasteiger partial charge in [-0.1, -0.05) is 37.8 Å². The Balaban J connectivity index is 2.05. The van der Waals surface area contributed by atoms with Crippen LogP contribution in [0.25, 0.3) is 0 Å². The number of aromatic nitrogens is 2. The van der Waals surface area contributed by atoms with Crippen molar-refractivity contribution in [3.05, 3.63) is 17.5 Å². The van der Waals surface area contributed by atoms with Gasteiger partial charge in [0.25, 0.3) is 0 Å². The Morgan fingerprint density at radius 2 is 2.25 bits per heavy atom. The molecule has 1 aliphatic carbocycles. The summed E-state index contributed by atoms with van der Waals surface area (Å²) < 4.78 is 0. The highest BCUT2D eigenvalue weighted by Gasteiger charge is 2.24. The van der Waals surface area contributed by atoms with Gasteiger partial charge in [0, 0.05) is 6.04 Å². The molecule has 0 bridgehead atoms. The van der Waals surface area contributed by atoms with Crippen LogP contribution < -0.4 is 5.32 Å². The molecule has 1 heterocycles. The maximum atomic E-state index is 6.05. The van der Waals surface area contributed by atoms with E-state index >= 15 is 0 Å². The minimum atomic E-state index is 0.520. The molecular formula is C12H18ClN3. The van der Waals surface area contributed by atoms with Crippen molar-refractivity contribution in [2.24, 2.45) is 5.92 Å². The van der Waals surface area contributed by atoms with Crippen LogP contribution in [0, 0.1) is 5.92 Å². The van der Waals surface area contributed by atoms with Gasteiger partial charge >= 0.3 is 0 Å². The highest BCUT2D eigenvalue weighted by atomic mass is 35.5. The zero-order chi connectivity index (χ0) is 11.4. The second-order valence-corrected chi connectivity index (χ2v) is 4.83. The zero-order valence-electron chi connectivity index (χ0n) is 9.62. The van der Waals surface area contributed by atoms with Gasteiger partial charge in [0.05, 0.1) is 6.20 Å². The summed E-state index contributed by atoms with van der Waals surface area (Å²) in [6.07, 6.45) is 9.60. The van der Waals surface area contributed by atoms with Gasteiger partial charge in [-0.15, -0.1) is 0 Å². The number of hydrogen-bond donors (Lipinski definition) is 1. The molecule has 2 unspecified atom stereocenters. The molecule has 1 N–H and O–H groups in total. The first-order valence-corrected chi connectivity index (χ1v) is 6.41. The zero-order valence-corrected chi connectivity index (χ0v) is 10.4. The highest BCUT2D eigenvalue weighted by molar-refractivity contribution is 6.32. The summed E-state index contributed by atoms with van der Waals surface area (Å²) >= 11 is 6.05. The van der Waals surface area contributed by atoms with E-state index in [1.54, 1.807) is 6.20 Å². The van der Waals surface area contributed by atoms with Gasteiger partial charge in [0.15, 0.2) is 0 Å². The average Bonchev–Trinajstić information content (AvgIpc) is 2.33. The lowest BCUT2D eigenvalue weighted by Gasteiger charge is -2.32. The van der Waals surface area contributed by atoms with Crippen molar-refractivity contribution in [1.29, 1.82) is 0 Å². The highest BCUT2D eigenvalue weighted by Crippen LogP contribution is 2.30. The van der Waals surface area contributed by atoms with Gasteiger partial charge in [0.1, 0.15) is 17.2 Å². The van der Waals surface area contributed by atoms with E-state index in [4.69, 9.17) is 11.6 Å². The van der Waals surface area contributed by atoms with Crippen LogP contribution in [0.2, 0.25) is 5.02 Å². The molecule has 2 atom stereocenters. The Kier molecular flexibility index (Phi) is 3.99. The number of halogens is 1. The first-order valence-electron chi connectivity index (χ1n) is 6.03. The summed E-state index contributed by atoms with van der Waals surface area (Å²) in [7, 11) is 0. The van der Waals surface area contributed by atoms with Crippen molar-refractivity contribution < 1.29 is 0 Å². The topological polar surface area (TPSA) is 37.8 Å². The predicted octanol–water partition coefficient (Wildman–Crippen LogP) is 3.51. The summed E-state index contributed by atoms with van der Waals surface area (Å²) in [6, 6.07) is 0.520. The SMILES string of the molecule is CCC1CCCCC1Nc1ncncc1Cl. The average molecular weight is 240 g/mol. The van der Waals surface area contributed by atoms with E-state index in [0.29, 0.717) is 11.1 Å². The Morgan fingerprint density at radius 3 is 3.00 bits per heavy atom. The molecule has 0 radical (unpaired) electrons. The number of rotatable bonds is 3. The summed E-state index contributed by atoms with van der Waals surface area (Å²) in [5.41, 5.74) is 0. The fraction of sp³-hybridized carbons (Fsp3) is 0.667. The Bertz CT molecular complexity index is 343. The molecule has 16 heavy (non-hydrogen) atoms. The second-order valence-electron chi connectivity index (χ2n) is 4.42. The van der Waals surface area contributed by atoms with Gasteiger partial charge < -0.3 is 5.32 Å². The predicted molar refractivity (Wildman–Crippen MR) is 66.7 cm³/mol. The molecule has 0 saturated heterocycles. The van der Waals surface area contributed by atoms with E-state index in [1.165, 1.54) is 38.4 Å². The van der Waals surface area contributed by atoms with Gasteiger partial charge in [-0.05, 0) is 18.8 Å². The Labute approximate surface area is 102 Å². The van der Waals surface area contributed by atoms with Gasteiger partial charge in [-0.3, -0.25) is 0 Å². The standard InChI is InChI=1S/C12H18ClN3/c1-2-9-5-3-4-6-11(9)16-12-10(13)7-14-8-15-12/h7-9,11H,2-6H2,1H3,(H,14,15,16). The van der Waals surface area contributed by atoms with Crippen LogP contribution in [0.1, 0.15) is 39.0 Å². The second kappa shape index (κ2) is 5.48. The van der Waals surface area contributed by atoms with Crippen LogP contribution in [-0.4, -0.2) is 16.0 Å². The number of anilines is 1. The number of nitrogens with zero attached hydrogens (tertiary/aromatic N) is 2. The van der Waals surface area contributed by atoms with E-state index < -0.39 is 0 Å². The minimum absolute atomic E-state index is 0.520. The number of nitrogens with one attached hydrogen (secondary N) is 1. The molecule has 2 rings (SSSR count). The Morgan fingerprint density at radius 1 is 1.44 bits per heavy atom. The maximum Gasteiger partial charge on any atom is 0.148 e. The molecule has 88 valence electrons. The van der Waals surface area contributed by atoms with Crippen LogP contribution >= 0.6 is 11.6 Å². The molecule has 0 aliphatic heterocycles.